The number of rotatable bonds is 4. The molecule has 1 atom stereocenters. The van der Waals surface area contributed by atoms with Crippen molar-refractivity contribution in [3.8, 4) is 6.07 Å². The molecule has 14 heavy (non-hydrogen) atoms. The Kier molecular flexibility index (Phi) is 3.93. The summed E-state index contributed by atoms with van der Waals surface area (Å²) >= 11 is 0. The summed E-state index contributed by atoms with van der Waals surface area (Å²) in [7, 11) is 0. The van der Waals surface area contributed by atoms with Crippen molar-refractivity contribution in [2.24, 2.45) is 11.8 Å². The van der Waals surface area contributed by atoms with Crippen LogP contribution in [-0.2, 0) is 0 Å². The number of nitriles is 1. The predicted octanol–water partition coefficient (Wildman–Crippen LogP) is 2.29. The van der Waals surface area contributed by atoms with E-state index in [-0.39, 0.29) is 5.92 Å². The second-order valence-electron chi connectivity index (χ2n) is 3.60. The van der Waals surface area contributed by atoms with Gasteiger partial charge in [-0.1, -0.05) is 13.8 Å². The van der Waals surface area contributed by atoms with Gasteiger partial charge < -0.3 is 5.32 Å². The molecule has 0 saturated heterocycles. The highest BCUT2D eigenvalue weighted by molar-refractivity contribution is 5.39. The van der Waals surface area contributed by atoms with E-state index in [1.54, 1.807) is 12.4 Å². The van der Waals surface area contributed by atoms with Gasteiger partial charge in [0.05, 0.1) is 17.7 Å². The van der Waals surface area contributed by atoms with Crippen LogP contribution in [0, 0.1) is 23.2 Å². The van der Waals surface area contributed by atoms with E-state index in [1.807, 2.05) is 12.1 Å². The van der Waals surface area contributed by atoms with Gasteiger partial charge in [-0.2, -0.15) is 5.26 Å². The average Bonchev–Trinajstić information content (AvgIpc) is 2.20. The van der Waals surface area contributed by atoms with E-state index >= 15 is 0 Å². The second kappa shape index (κ2) is 5.23. The van der Waals surface area contributed by atoms with Crippen molar-refractivity contribution in [1.29, 1.82) is 5.26 Å². The maximum absolute atomic E-state index is 8.87. The molecular weight excluding hydrogens is 174 g/mol. The number of nitrogens with one attached hydrogen (secondary N) is 1. The van der Waals surface area contributed by atoms with E-state index in [0.29, 0.717) is 12.5 Å². The molecule has 0 spiro atoms. The third kappa shape index (κ3) is 3.06. The molecule has 0 fully saturated rings. The van der Waals surface area contributed by atoms with E-state index in [2.05, 4.69) is 30.2 Å². The van der Waals surface area contributed by atoms with Crippen LogP contribution in [0.1, 0.15) is 13.8 Å². The van der Waals surface area contributed by atoms with Gasteiger partial charge in [-0.25, -0.2) is 0 Å². The third-order valence-electron chi connectivity index (χ3n) is 2.16. The molecule has 0 aliphatic rings. The Balaban J connectivity index is 2.45. The lowest BCUT2D eigenvalue weighted by molar-refractivity contribution is 0.496. The van der Waals surface area contributed by atoms with E-state index in [4.69, 9.17) is 5.26 Å². The number of hydrogen-bond donors (Lipinski definition) is 1. The zero-order valence-corrected chi connectivity index (χ0v) is 8.57. The van der Waals surface area contributed by atoms with Gasteiger partial charge in [-0.15, -0.1) is 0 Å². The molecule has 1 unspecified atom stereocenters. The molecule has 74 valence electrons. The first-order valence-corrected chi connectivity index (χ1v) is 4.77. The summed E-state index contributed by atoms with van der Waals surface area (Å²) < 4.78 is 0. The molecule has 1 aromatic heterocycles. The normalized spacial score (nSPS) is 12.1. The number of pyridine rings is 1. The Morgan fingerprint density at radius 2 is 2.36 bits per heavy atom. The van der Waals surface area contributed by atoms with Crippen LogP contribution in [0.2, 0.25) is 0 Å². The molecule has 0 bridgehead atoms. The average molecular weight is 189 g/mol. The lowest BCUT2D eigenvalue weighted by Crippen LogP contribution is -2.17. The van der Waals surface area contributed by atoms with Gasteiger partial charge in [0.2, 0.25) is 0 Å². The SMILES string of the molecule is CC(C)C(C#N)CNc1cccnc1. The minimum absolute atomic E-state index is 0.0511. The molecule has 3 heteroatoms. The summed E-state index contributed by atoms with van der Waals surface area (Å²) in [6, 6.07) is 6.11. The van der Waals surface area contributed by atoms with Crippen LogP contribution < -0.4 is 5.32 Å². The lowest BCUT2D eigenvalue weighted by atomic mass is 9.97. The molecule has 0 saturated carbocycles. The van der Waals surface area contributed by atoms with Crippen LogP contribution in [-0.4, -0.2) is 11.5 Å². The quantitative estimate of drug-likeness (QED) is 0.790. The highest BCUT2D eigenvalue weighted by Gasteiger charge is 2.11. The first-order chi connectivity index (χ1) is 6.74. The lowest BCUT2D eigenvalue weighted by Gasteiger charge is -2.14. The van der Waals surface area contributed by atoms with Gasteiger partial charge in [0.15, 0.2) is 0 Å². The molecule has 0 amide bonds. The van der Waals surface area contributed by atoms with Crippen molar-refractivity contribution in [2.75, 3.05) is 11.9 Å². The molecule has 0 aromatic carbocycles. The molecule has 0 radical (unpaired) electrons. The van der Waals surface area contributed by atoms with Crippen molar-refractivity contribution in [2.45, 2.75) is 13.8 Å². The van der Waals surface area contributed by atoms with Crippen molar-refractivity contribution < 1.29 is 0 Å². The predicted molar refractivity (Wildman–Crippen MR) is 56.7 cm³/mol. The number of aromatic nitrogens is 1. The third-order valence-corrected chi connectivity index (χ3v) is 2.16. The Labute approximate surface area is 84.8 Å². The summed E-state index contributed by atoms with van der Waals surface area (Å²) in [5.41, 5.74) is 0.966. The topological polar surface area (TPSA) is 48.7 Å². The van der Waals surface area contributed by atoms with E-state index < -0.39 is 0 Å². The van der Waals surface area contributed by atoms with Crippen molar-refractivity contribution >= 4 is 5.69 Å². The van der Waals surface area contributed by atoms with Crippen LogP contribution in [0.15, 0.2) is 24.5 Å². The second-order valence-corrected chi connectivity index (χ2v) is 3.60. The fourth-order valence-electron chi connectivity index (χ4n) is 1.13. The van der Waals surface area contributed by atoms with Crippen LogP contribution >= 0.6 is 0 Å². The van der Waals surface area contributed by atoms with Crippen molar-refractivity contribution in [1.82, 2.24) is 4.98 Å². The monoisotopic (exact) mass is 189 g/mol. The van der Waals surface area contributed by atoms with Gasteiger partial charge in [-0.05, 0) is 18.1 Å². The Morgan fingerprint density at radius 1 is 1.57 bits per heavy atom. The highest BCUT2D eigenvalue weighted by atomic mass is 14.9. The van der Waals surface area contributed by atoms with Gasteiger partial charge >= 0.3 is 0 Å². The molecule has 3 nitrogen and oxygen atoms in total. The first kappa shape index (κ1) is 10.5. The summed E-state index contributed by atoms with van der Waals surface area (Å²) in [4.78, 5) is 3.99. The number of nitrogens with zero attached hydrogens (tertiary/aromatic N) is 2. The van der Waals surface area contributed by atoms with Crippen LogP contribution in [0.3, 0.4) is 0 Å². The summed E-state index contributed by atoms with van der Waals surface area (Å²) in [6.07, 6.45) is 3.49. The molecule has 1 rings (SSSR count). The fourth-order valence-corrected chi connectivity index (χ4v) is 1.13. The zero-order chi connectivity index (χ0) is 10.4. The highest BCUT2D eigenvalue weighted by Crippen LogP contribution is 2.11. The van der Waals surface area contributed by atoms with E-state index in [0.717, 1.165) is 5.69 Å². The van der Waals surface area contributed by atoms with Gasteiger partial charge in [0.1, 0.15) is 0 Å². The van der Waals surface area contributed by atoms with E-state index in [9.17, 15) is 0 Å². The van der Waals surface area contributed by atoms with E-state index in [1.165, 1.54) is 0 Å². The Bertz CT molecular complexity index is 300. The van der Waals surface area contributed by atoms with Gasteiger partial charge in [-0.3, -0.25) is 4.98 Å². The molecular formula is C11H15N3. The Hall–Kier alpha value is -1.56. The minimum Gasteiger partial charge on any atom is -0.382 e. The van der Waals surface area contributed by atoms with Crippen LogP contribution in [0.25, 0.3) is 0 Å². The number of anilines is 1. The van der Waals surface area contributed by atoms with Gasteiger partial charge in [0.25, 0.3) is 0 Å². The molecule has 1 heterocycles. The fraction of sp³-hybridized carbons (Fsp3) is 0.455. The van der Waals surface area contributed by atoms with Crippen LogP contribution in [0.4, 0.5) is 5.69 Å². The van der Waals surface area contributed by atoms with Gasteiger partial charge in [0, 0.05) is 18.9 Å². The largest absolute Gasteiger partial charge is 0.382 e. The first-order valence-electron chi connectivity index (χ1n) is 4.77. The molecule has 1 N–H and O–H groups in total. The van der Waals surface area contributed by atoms with Crippen LogP contribution in [0.5, 0.6) is 0 Å². The van der Waals surface area contributed by atoms with Crippen molar-refractivity contribution in [3.63, 3.8) is 0 Å². The molecule has 1 aromatic rings. The maximum Gasteiger partial charge on any atom is 0.0677 e. The summed E-state index contributed by atoms with van der Waals surface area (Å²) in [5, 5.41) is 12.1. The summed E-state index contributed by atoms with van der Waals surface area (Å²) in [6.45, 7) is 4.79. The maximum atomic E-state index is 8.87. The standard InChI is InChI=1S/C11H15N3/c1-9(2)10(6-12)7-14-11-4-3-5-13-8-11/h3-5,8-10,14H,7H2,1-2H3. The Morgan fingerprint density at radius 3 is 2.86 bits per heavy atom. The van der Waals surface area contributed by atoms with Crippen molar-refractivity contribution in [3.05, 3.63) is 24.5 Å². The smallest absolute Gasteiger partial charge is 0.0677 e. The number of hydrogen-bond acceptors (Lipinski definition) is 3. The molecule has 0 aliphatic carbocycles. The zero-order valence-electron chi connectivity index (χ0n) is 8.57. The minimum atomic E-state index is 0.0511. The molecule has 0 aliphatic heterocycles. The summed E-state index contributed by atoms with van der Waals surface area (Å²) in [5.74, 6) is 0.430.